The van der Waals surface area contributed by atoms with Gasteiger partial charge in [0.2, 0.25) is 5.82 Å². The van der Waals surface area contributed by atoms with Crippen LogP contribution in [0, 0.1) is 12.8 Å². The van der Waals surface area contributed by atoms with Crippen LogP contribution in [-0.4, -0.2) is 56.8 Å². The monoisotopic (exact) mass is 451 g/mol. The van der Waals surface area contributed by atoms with Crippen molar-refractivity contribution >= 4 is 17.5 Å². The Balaban J connectivity index is 1.28. The Hall–Kier alpha value is -3.76. The standard InChI is InChI=1S/C22H25N7O4/c1-12-23-21(33-28-12)14-7-8-17-16(10-14)29(2)22(31)15(11-32-17)24-20(30)19-25-18(26-27-19)9-13-5-3-4-6-13/h7-8,10,13,15H,3-6,9,11H2,1-2H3,(H,24,30)(H,25,26,27)/t15-/m0/s1. The highest BCUT2D eigenvalue weighted by Gasteiger charge is 2.32. The topological polar surface area (TPSA) is 139 Å². The molecule has 1 fully saturated rings. The third-order valence-corrected chi connectivity index (χ3v) is 6.13. The molecule has 2 amide bonds. The first-order chi connectivity index (χ1) is 16.0. The number of benzene rings is 1. The van der Waals surface area contributed by atoms with E-state index < -0.39 is 11.9 Å². The van der Waals surface area contributed by atoms with Gasteiger partial charge >= 0.3 is 0 Å². The van der Waals surface area contributed by atoms with E-state index in [1.54, 1.807) is 32.2 Å². The number of fused-ring (bicyclic) bond motifs is 1. The van der Waals surface area contributed by atoms with Gasteiger partial charge in [0, 0.05) is 19.0 Å². The first-order valence-corrected chi connectivity index (χ1v) is 11.0. The number of likely N-dealkylation sites (N-methyl/N-ethyl adjacent to an activating group) is 1. The number of aryl methyl sites for hydroxylation is 1. The molecule has 33 heavy (non-hydrogen) atoms. The van der Waals surface area contributed by atoms with Gasteiger partial charge in [0.25, 0.3) is 17.7 Å². The molecule has 2 aromatic heterocycles. The number of amides is 2. The lowest BCUT2D eigenvalue weighted by atomic mass is 10.0. The second-order valence-corrected chi connectivity index (χ2v) is 8.52. The maximum Gasteiger partial charge on any atom is 0.291 e. The first kappa shape index (κ1) is 21.1. The summed E-state index contributed by atoms with van der Waals surface area (Å²) >= 11 is 0. The Kier molecular flexibility index (Phi) is 5.53. The van der Waals surface area contributed by atoms with Crippen LogP contribution in [0.1, 0.15) is 48.0 Å². The van der Waals surface area contributed by atoms with Gasteiger partial charge in [-0.15, -0.1) is 5.10 Å². The normalized spacial score (nSPS) is 18.7. The maximum absolute atomic E-state index is 13.1. The number of aromatic amines is 1. The highest BCUT2D eigenvalue weighted by atomic mass is 16.5. The van der Waals surface area contributed by atoms with Gasteiger partial charge in [-0.1, -0.05) is 30.8 Å². The van der Waals surface area contributed by atoms with E-state index in [1.807, 2.05) is 0 Å². The molecule has 2 aliphatic rings. The van der Waals surface area contributed by atoms with E-state index in [4.69, 9.17) is 9.26 Å². The van der Waals surface area contributed by atoms with Gasteiger partial charge in [-0.05, 0) is 31.0 Å². The van der Waals surface area contributed by atoms with Gasteiger partial charge in [-0.3, -0.25) is 14.7 Å². The van der Waals surface area contributed by atoms with Crippen molar-refractivity contribution < 1.29 is 18.8 Å². The van der Waals surface area contributed by atoms with Crippen LogP contribution in [0.15, 0.2) is 22.7 Å². The van der Waals surface area contributed by atoms with E-state index in [2.05, 4.69) is 30.6 Å². The smallest absolute Gasteiger partial charge is 0.291 e. The number of carbonyl (C=O) groups is 2. The molecular weight excluding hydrogens is 426 g/mol. The summed E-state index contributed by atoms with van der Waals surface area (Å²) in [5.41, 5.74) is 1.21. The van der Waals surface area contributed by atoms with Crippen molar-refractivity contribution in [3.05, 3.63) is 35.7 Å². The quantitative estimate of drug-likeness (QED) is 0.601. The minimum atomic E-state index is -0.888. The van der Waals surface area contributed by atoms with Crippen LogP contribution in [0.4, 0.5) is 5.69 Å². The van der Waals surface area contributed by atoms with Crippen LogP contribution in [0.5, 0.6) is 5.75 Å². The number of anilines is 1. The summed E-state index contributed by atoms with van der Waals surface area (Å²) in [6.45, 7) is 1.72. The number of aromatic nitrogens is 5. The van der Waals surface area contributed by atoms with Crippen molar-refractivity contribution in [1.29, 1.82) is 0 Å². The van der Waals surface area contributed by atoms with Gasteiger partial charge in [-0.25, -0.2) is 4.98 Å². The molecule has 1 atom stereocenters. The lowest BCUT2D eigenvalue weighted by molar-refractivity contribution is -0.120. The Morgan fingerprint density at radius 1 is 1.27 bits per heavy atom. The molecule has 0 bridgehead atoms. The van der Waals surface area contributed by atoms with Crippen LogP contribution in [0.25, 0.3) is 11.5 Å². The number of nitrogens with zero attached hydrogens (tertiary/aromatic N) is 5. The number of carbonyl (C=O) groups excluding carboxylic acids is 2. The van der Waals surface area contributed by atoms with Crippen molar-refractivity contribution in [2.45, 2.75) is 45.1 Å². The van der Waals surface area contributed by atoms with Crippen LogP contribution < -0.4 is 15.0 Å². The van der Waals surface area contributed by atoms with Crippen LogP contribution in [0.2, 0.25) is 0 Å². The molecule has 0 unspecified atom stereocenters. The summed E-state index contributed by atoms with van der Waals surface area (Å²) < 4.78 is 11.1. The lowest BCUT2D eigenvalue weighted by Gasteiger charge is -2.20. The number of ether oxygens (including phenoxy) is 1. The largest absolute Gasteiger partial charge is 0.489 e. The van der Waals surface area contributed by atoms with Gasteiger partial charge in [0.1, 0.15) is 24.2 Å². The highest BCUT2D eigenvalue weighted by molar-refractivity contribution is 6.02. The predicted octanol–water partition coefficient (Wildman–Crippen LogP) is 2.05. The fourth-order valence-electron chi connectivity index (χ4n) is 4.35. The molecule has 1 aromatic carbocycles. The van der Waals surface area contributed by atoms with Crippen molar-refractivity contribution in [3.63, 3.8) is 0 Å². The Bertz CT molecular complexity index is 1180. The van der Waals surface area contributed by atoms with Gasteiger partial charge < -0.3 is 19.5 Å². The van der Waals surface area contributed by atoms with Crippen LogP contribution in [-0.2, 0) is 11.2 Å². The zero-order chi connectivity index (χ0) is 22.9. The fourth-order valence-corrected chi connectivity index (χ4v) is 4.35. The summed E-state index contributed by atoms with van der Waals surface area (Å²) in [5, 5.41) is 13.4. The van der Waals surface area contributed by atoms with Gasteiger partial charge in [0.05, 0.1) is 5.69 Å². The van der Waals surface area contributed by atoms with Gasteiger partial charge in [-0.2, -0.15) is 4.98 Å². The zero-order valence-corrected chi connectivity index (χ0v) is 18.5. The maximum atomic E-state index is 13.1. The minimum absolute atomic E-state index is 0.0136. The Morgan fingerprint density at radius 3 is 2.85 bits per heavy atom. The molecule has 5 rings (SSSR count). The molecule has 11 heteroatoms. The van der Waals surface area contributed by atoms with Crippen molar-refractivity contribution in [2.24, 2.45) is 5.92 Å². The van der Waals surface area contributed by atoms with E-state index >= 15 is 0 Å². The molecule has 3 heterocycles. The van der Waals surface area contributed by atoms with Crippen LogP contribution in [0.3, 0.4) is 0 Å². The summed E-state index contributed by atoms with van der Waals surface area (Å²) in [7, 11) is 1.63. The molecule has 1 saturated carbocycles. The molecular formula is C22H25N7O4. The van der Waals surface area contributed by atoms with E-state index in [0.717, 1.165) is 6.42 Å². The number of hydrogen-bond acceptors (Lipinski definition) is 8. The summed E-state index contributed by atoms with van der Waals surface area (Å²) in [4.78, 5) is 35.8. The number of H-pyrrole nitrogens is 1. The second kappa shape index (κ2) is 8.64. The molecule has 0 radical (unpaired) electrons. The highest BCUT2D eigenvalue weighted by Crippen LogP contribution is 2.34. The van der Waals surface area contributed by atoms with Crippen molar-refractivity contribution in [2.75, 3.05) is 18.6 Å². The summed E-state index contributed by atoms with van der Waals surface area (Å²) in [6, 6.07) is 4.38. The third kappa shape index (κ3) is 4.30. The van der Waals surface area contributed by atoms with E-state index in [-0.39, 0.29) is 18.3 Å². The molecule has 172 valence electrons. The lowest BCUT2D eigenvalue weighted by Crippen LogP contribution is -2.49. The minimum Gasteiger partial charge on any atom is -0.489 e. The molecule has 2 N–H and O–H groups in total. The van der Waals surface area contributed by atoms with E-state index in [1.165, 1.54) is 30.6 Å². The molecule has 1 aliphatic carbocycles. The zero-order valence-electron chi connectivity index (χ0n) is 18.5. The van der Waals surface area contributed by atoms with Crippen molar-refractivity contribution in [3.8, 4) is 17.2 Å². The Labute approximate surface area is 189 Å². The number of rotatable bonds is 5. The Morgan fingerprint density at radius 2 is 2.09 bits per heavy atom. The third-order valence-electron chi connectivity index (χ3n) is 6.13. The van der Waals surface area contributed by atoms with Crippen molar-refractivity contribution in [1.82, 2.24) is 30.6 Å². The first-order valence-electron chi connectivity index (χ1n) is 11.0. The molecule has 0 spiro atoms. The molecule has 1 aliphatic heterocycles. The molecule has 0 saturated heterocycles. The van der Waals surface area contributed by atoms with E-state index in [0.29, 0.717) is 40.5 Å². The summed E-state index contributed by atoms with van der Waals surface area (Å²) in [6.07, 6.45) is 5.61. The fraction of sp³-hybridized carbons (Fsp3) is 0.455. The average molecular weight is 451 g/mol. The predicted molar refractivity (Wildman–Crippen MR) is 117 cm³/mol. The molecule has 11 nitrogen and oxygen atoms in total. The number of nitrogens with one attached hydrogen (secondary N) is 2. The summed E-state index contributed by atoms with van der Waals surface area (Å²) in [5.74, 6) is 1.84. The molecule has 3 aromatic rings. The van der Waals surface area contributed by atoms with Gasteiger partial charge in [0.15, 0.2) is 5.82 Å². The second-order valence-electron chi connectivity index (χ2n) is 8.52. The average Bonchev–Trinajstić information content (AvgIpc) is 3.57. The van der Waals surface area contributed by atoms with E-state index in [9.17, 15) is 9.59 Å². The SMILES string of the molecule is Cc1noc(-c2ccc3c(c2)N(C)C(=O)[C@@H](NC(=O)c2n[nH]c(CC4CCCC4)n2)CO3)n1. The number of hydrogen-bond donors (Lipinski definition) is 2. The van der Waals surface area contributed by atoms with Crippen LogP contribution >= 0.6 is 0 Å².